The maximum Gasteiger partial charge on any atom is 0.223 e. The van der Waals surface area contributed by atoms with Gasteiger partial charge in [0.25, 0.3) is 0 Å². The lowest BCUT2D eigenvalue weighted by molar-refractivity contribution is -0.168. The van der Waals surface area contributed by atoms with Crippen LogP contribution in [0.1, 0.15) is 39.5 Å². The Labute approximate surface area is 139 Å². The van der Waals surface area contributed by atoms with Crippen molar-refractivity contribution < 1.29 is 22.7 Å². The summed E-state index contributed by atoms with van der Waals surface area (Å²) >= 11 is 0. The molecule has 1 amide bonds. The first-order valence-corrected chi connectivity index (χ1v) is 10.5. The summed E-state index contributed by atoms with van der Waals surface area (Å²) in [5.41, 5.74) is -0.151. The van der Waals surface area contributed by atoms with Crippen LogP contribution in [0.25, 0.3) is 0 Å². The Balaban J connectivity index is 2.03. The topological polar surface area (TPSA) is 72.9 Å². The number of ether oxygens (including phenoxy) is 2. The number of hydrogen-bond acceptors (Lipinski definition) is 5. The molecule has 2 atom stereocenters. The predicted octanol–water partition coefficient (Wildman–Crippen LogP) is 1.24. The number of carbonyl (C=O) groups excluding carboxylic acids is 1. The van der Waals surface area contributed by atoms with E-state index in [4.69, 9.17) is 9.47 Å². The zero-order valence-corrected chi connectivity index (χ0v) is 15.2. The Kier molecular flexibility index (Phi) is 6.08. The Bertz CT molecular complexity index is 519. The van der Waals surface area contributed by atoms with Crippen LogP contribution in [-0.2, 0) is 24.1 Å². The molecule has 2 fully saturated rings. The van der Waals surface area contributed by atoms with E-state index in [2.05, 4.69) is 0 Å². The van der Waals surface area contributed by atoms with Crippen LogP contribution in [-0.4, -0.2) is 69.7 Å². The third-order valence-electron chi connectivity index (χ3n) is 4.73. The number of sulfone groups is 1. The van der Waals surface area contributed by atoms with Gasteiger partial charge in [0.15, 0.2) is 0 Å². The molecule has 0 aromatic rings. The number of rotatable bonds is 6. The Morgan fingerprint density at radius 3 is 2.83 bits per heavy atom. The van der Waals surface area contributed by atoms with Crippen molar-refractivity contribution >= 4 is 15.7 Å². The lowest BCUT2D eigenvalue weighted by atomic mass is 9.73. The largest absolute Gasteiger partial charge is 0.378 e. The van der Waals surface area contributed by atoms with Crippen molar-refractivity contribution in [2.45, 2.75) is 51.7 Å². The Morgan fingerprint density at radius 2 is 2.17 bits per heavy atom. The lowest BCUT2D eigenvalue weighted by Crippen LogP contribution is -2.58. The fourth-order valence-electron chi connectivity index (χ4n) is 3.48. The number of likely N-dealkylation sites (tertiary alicyclic amines) is 1. The van der Waals surface area contributed by atoms with Gasteiger partial charge in [-0.05, 0) is 33.1 Å². The van der Waals surface area contributed by atoms with Crippen LogP contribution in [0.3, 0.4) is 0 Å². The van der Waals surface area contributed by atoms with E-state index in [9.17, 15) is 13.2 Å². The molecule has 0 N–H and O–H groups in total. The molecule has 2 aliphatic rings. The van der Waals surface area contributed by atoms with Crippen LogP contribution in [0, 0.1) is 5.41 Å². The van der Waals surface area contributed by atoms with Gasteiger partial charge >= 0.3 is 0 Å². The van der Waals surface area contributed by atoms with Crippen molar-refractivity contribution in [3.05, 3.63) is 0 Å². The second-order valence-electron chi connectivity index (χ2n) is 7.17. The predicted molar refractivity (Wildman–Crippen MR) is 88.0 cm³/mol. The van der Waals surface area contributed by atoms with Crippen LogP contribution in [0.5, 0.6) is 0 Å². The van der Waals surface area contributed by atoms with E-state index in [1.165, 1.54) is 6.26 Å². The average molecular weight is 347 g/mol. The summed E-state index contributed by atoms with van der Waals surface area (Å²) in [5, 5.41) is 0. The van der Waals surface area contributed by atoms with Crippen molar-refractivity contribution in [1.82, 2.24) is 4.90 Å². The van der Waals surface area contributed by atoms with Gasteiger partial charge in [-0.15, -0.1) is 0 Å². The van der Waals surface area contributed by atoms with E-state index in [1.54, 1.807) is 4.90 Å². The maximum atomic E-state index is 12.4. The van der Waals surface area contributed by atoms with E-state index >= 15 is 0 Å². The second kappa shape index (κ2) is 7.49. The summed E-state index contributed by atoms with van der Waals surface area (Å²) in [7, 11) is -3.11. The molecule has 134 valence electrons. The molecule has 2 rings (SSSR count). The minimum atomic E-state index is -3.11. The first kappa shape index (κ1) is 18.7. The standard InChI is InChI=1S/C16H29NO5S/c1-13(2)22-12-16-7-4-9-21-14(16)5-8-17(11-16)15(18)6-10-23(3,19)20/h13-14H,4-12H2,1-3H3. The fourth-order valence-corrected chi connectivity index (χ4v) is 4.02. The highest BCUT2D eigenvalue weighted by Gasteiger charge is 2.47. The SMILES string of the molecule is CC(C)OCC12CCCOC1CCN(C(=O)CCS(C)(=O)=O)C2. The van der Waals surface area contributed by atoms with Crippen molar-refractivity contribution in [2.75, 3.05) is 38.3 Å². The van der Waals surface area contributed by atoms with E-state index in [-0.39, 0.29) is 35.7 Å². The lowest BCUT2D eigenvalue weighted by Gasteiger charge is -2.50. The molecule has 2 unspecified atom stereocenters. The summed E-state index contributed by atoms with van der Waals surface area (Å²) < 4.78 is 34.4. The quantitative estimate of drug-likeness (QED) is 0.723. The third-order valence-corrected chi connectivity index (χ3v) is 5.68. The van der Waals surface area contributed by atoms with Gasteiger partial charge in [0, 0.05) is 37.8 Å². The highest BCUT2D eigenvalue weighted by molar-refractivity contribution is 7.90. The second-order valence-corrected chi connectivity index (χ2v) is 9.43. The van der Waals surface area contributed by atoms with Crippen molar-refractivity contribution in [3.63, 3.8) is 0 Å². The molecule has 0 aromatic heterocycles. The van der Waals surface area contributed by atoms with Crippen LogP contribution < -0.4 is 0 Å². The van der Waals surface area contributed by atoms with Gasteiger partial charge in [0.05, 0.1) is 24.6 Å². The Morgan fingerprint density at radius 1 is 1.43 bits per heavy atom. The number of fused-ring (bicyclic) bond motifs is 1. The van der Waals surface area contributed by atoms with Gasteiger partial charge in [-0.2, -0.15) is 0 Å². The molecule has 0 spiro atoms. The summed E-state index contributed by atoms with van der Waals surface area (Å²) in [5.74, 6) is -0.166. The average Bonchev–Trinajstić information content (AvgIpc) is 2.49. The monoisotopic (exact) mass is 347 g/mol. The summed E-state index contributed by atoms with van der Waals surface area (Å²) in [4.78, 5) is 14.2. The van der Waals surface area contributed by atoms with Gasteiger partial charge in [0.2, 0.25) is 5.91 Å². The molecule has 0 bridgehead atoms. The minimum Gasteiger partial charge on any atom is -0.378 e. The number of amides is 1. The molecule has 0 saturated carbocycles. The molecule has 6 nitrogen and oxygen atoms in total. The fraction of sp³-hybridized carbons (Fsp3) is 0.938. The smallest absolute Gasteiger partial charge is 0.223 e. The molecular formula is C16H29NO5S. The molecule has 23 heavy (non-hydrogen) atoms. The van der Waals surface area contributed by atoms with Gasteiger partial charge in [-0.3, -0.25) is 4.79 Å². The van der Waals surface area contributed by atoms with Crippen LogP contribution in [0.4, 0.5) is 0 Å². The zero-order chi connectivity index (χ0) is 17.1. The van der Waals surface area contributed by atoms with Gasteiger partial charge < -0.3 is 14.4 Å². The van der Waals surface area contributed by atoms with E-state index < -0.39 is 9.84 Å². The third kappa shape index (κ3) is 5.16. The number of nitrogens with zero attached hydrogens (tertiary/aromatic N) is 1. The van der Waals surface area contributed by atoms with Gasteiger partial charge in [-0.25, -0.2) is 8.42 Å². The summed E-state index contributed by atoms with van der Waals surface area (Å²) in [6.07, 6.45) is 4.26. The molecule has 2 saturated heterocycles. The van der Waals surface area contributed by atoms with Crippen LogP contribution in [0.15, 0.2) is 0 Å². The minimum absolute atomic E-state index is 0.0610. The maximum absolute atomic E-state index is 12.4. The highest BCUT2D eigenvalue weighted by atomic mass is 32.2. The molecule has 2 heterocycles. The molecule has 0 aromatic carbocycles. The summed E-state index contributed by atoms with van der Waals surface area (Å²) in [6, 6.07) is 0. The van der Waals surface area contributed by atoms with E-state index in [1.807, 2.05) is 13.8 Å². The summed E-state index contributed by atoms with van der Waals surface area (Å²) in [6.45, 7) is 6.62. The molecule has 7 heteroatoms. The first-order chi connectivity index (χ1) is 10.7. The molecule has 2 aliphatic heterocycles. The van der Waals surface area contributed by atoms with Crippen molar-refractivity contribution in [2.24, 2.45) is 5.41 Å². The normalized spacial score (nSPS) is 28.7. The molecule has 0 aliphatic carbocycles. The zero-order valence-electron chi connectivity index (χ0n) is 14.4. The van der Waals surface area contributed by atoms with Gasteiger partial charge in [-0.1, -0.05) is 0 Å². The van der Waals surface area contributed by atoms with Crippen LogP contribution >= 0.6 is 0 Å². The van der Waals surface area contributed by atoms with E-state index in [0.29, 0.717) is 19.7 Å². The number of carbonyl (C=O) groups is 1. The molecule has 0 radical (unpaired) electrons. The first-order valence-electron chi connectivity index (χ1n) is 8.41. The number of piperidine rings is 1. The van der Waals surface area contributed by atoms with Crippen molar-refractivity contribution in [3.8, 4) is 0 Å². The van der Waals surface area contributed by atoms with E-state index in [0.717, 1.165) is 25.9 Å². The highest BCUT2D eigenvalue weighted by Crippen LogP contribution is 2.40. The van der Waals surface area contributed by atoms with Gasteiger partial charge in [0.1, 0.15) is 9.84 Å². The van der Waals surface area contributed by atoms with Crippen LogP contribution in [0.2, 0.25) is 0 Å². The molecular weight excluding hydrogens is 318 g/mol. The van der Waals surface area contributed by atoms with Crippen molar-refractivity contribution in [1.29, 1.82) is 0 Å². The Hall–Kier alpha value is -0.660. The number of hydrogen-bond donors (Lipinski definition) is 0.